The minimum absolute atomic E-state index is 0.0884. The molecule has 0 saturated heterocycles. The number of amides is 1. The van der Waals surface area contributed by atoms with E-state index < -0.39 is 0 Å². The number of nitrogens with one attached hydrogen (secondary N) is 1. The SMILES string of the molecule is CCc1ccccc1NC(=O)CCC(=O)c1cc(C)ccc1OC. The molecular formula is C20H23NO3. The number of aryl methyl sites for hydroxylation is 2. The largest absolute Gasteiger partial charge is 0.496 e. The number of methoxy groups -OCH3 is 1. The molecule has 0 aromatic heterocycles. The van der Waals surface area contributed by atoms with Crippen molar-refractivity contribution in [3.05, 3.63) is 59.2 Å². The Bertz CT molecular complexity index is 737. The Kier molecular flexibility index (Phi) is 6.13. The number of para-hydroxylation sites is 1. The Morgan fingerprint density at radius 3 is 2.54 bits per heavy atom. The monoisotopic (exact) mass is 325 g/mol. The predicted molar refractivity (Wildman–Crippen MR) is 95.7 cm³/mol. The van der Waals surface area contributed by atoms with Crippen LogP contribution in [0.2, 0.25) is 0 Å². The highest BCUT2D eigenvalue weighted by molar-refractivity contribution is 6.02. The first-order chi connectivity index (χ1) is 11.5. The molecular weight excluding hydrogens is 302 g/mol. The summed E-state index contributed by atoms with van der Waals surface area (Å²) in [4.78, 5) is 24.5. The molecule has 0 unspecified atom stereocenters. The van der Waals surface area contributed by atoms with Gasteiger partial charge in [-0.1, -0.05) is 36.8 Å². The average molecular weight is 325 g/mol. The van der Waals surface area contributed by atoms with E-state index in [1.165, 1.54) is 7.11 Å². The van der Waals surface area contributed by atoms with Crippen LogP contribution in [0.25, 0.3) is 0 Å². The summed E-state index contributed by atoms with van der Waals surface area (Å²) in [6.07, 6.45) is 1.14. The molecule has 0 saturated carbocycles. The summed E-state index contributed by atoms with van der Waals surface area (Å²) in [6, 6.07) is 13.2. The number of hydrogen-bond donors (Lipinski definition) is 1. The standard InChI is InChI=1S/C20H23NO3/c1-4-15-7-5-6-8-17(15)21-20(23)12-10-18(22)16-13-14(2)9-11-19(16)24-3/h5-9,11,13H,4,10,12H2,1-3H3,(H,21,23). The summed E-state index contributed by atoms with van der Waals surface area (Å²) in [5.74, 6) is 0.299. The quantitative estimate of drug-likeness (QED) is 0.777. The summed E-state index contributed by atoms with van der Waals surface area (Å²) in [5, 5.41) is 2.89. The van der Waals surface area contributed by atoms with Gasteiger partial charge in [0.25, 0.3) is 0 Å². The smallest absolute Gasteiger partial charge is 0.224 e. The molecule has 0 spiro atoms. The van der Waals surface area contributed by atoms with Crippen molar-refractivity contribution in [1.29, 1.82) is 0 Å². The average Bonchev–Trinajstić information content (AvgIpc) is 2.60. The van der Waals surface area contributed by atoms with E-state index in [-0.39, 0.29) is 24.5 Å². The van der Waals surface area contributed by atoms with E-state index in [0.29, 0.717) is 11.3 Å². The van der Waals surface area contributed by atoms with E-state index in [2.05, 4.69) is 5.32 Å². The molecule has 2 rings (SSSR count). The lowest BCUT2D eigenvalue weighted by Gasteiger charge is -2.10. The third-order valence-electron chi connectivity index (χ3n) is 3.91. The molecule has 1 amide bonds. The molecule has 0 heterocycles. The molecule has 0 bridgehead atoms. The first-order valence-electron chi connectivity index (χ1n) is 8.10. The van der Waals surface area contributed by atoms with E-state index >= 15 is 0 Å². The van der Waals surface area contributed by atoms with Crippen LogP contribution in [-0.4, -0.2) is 18.8 Å². The molecule has 0 atom stereocenters. The molecule has 0 aliphatic heterocycles. The van der Waals surface area contributed by atoms with Crippen LogP contribution in [0.5, 0.6) is 5.75 Å². The molecule has 126 valence electrons. The first-order valence-corrected chi connectivity index (χ1v) is 8.10. The Labute approximate surface area is 142 Å². The highest BCUT2D eigenvalue weighted by Gasteiger charge is 2.14. The van der Waals surface area contributed by atoms with Gasteiger partial charge in [0.1, 0.15) is 5.75 Å². The van der Waals surface area contributed by atoms with Gasteiger partial charge in [0, 0.05) is 18.5 Å². The van der Waals surface area contributed by atoms with Gasteiger partial charge in [-0.05, 0) is 37.1 Å². The van der Waals surface area contributed by atoms with Crippen LogP contribution in [0, 0.1) is 6.92 Å². The third kappa shape index (κ3) is 4.44. The maximum absolute atomic E-state index is 12.4. The topological polar surface area (TPSA) is 55.4 Å². The zero-order valence-corrected chi connectivity index (χ0v) is 14.4. The zero-order valence-electron chi connectivity index (χ0n) is 14.4. The Morgan fingerprint density at radius 1 is 1.08 bits per heavy atom. The molecule has 24 heavy (non-hydrogen) atoms. The van der Waals surface area contributed by atoms with E-state index in [1.54, 1.807) is 12.1 Å². The van der Waals surface area contributed by atoms with E-state index in [9.17, 15) is 9.59 Å². The van der Waals surface area contributed by atoms with Crippen molar-refractivity contribution in [3.8, 4) is 5.75 Å². The molecule has 2 aromatic carbocycles. The highest BCUT2D eigenvalue weighted by atomic mass is 16.5. The fourth-order valence-corrected chi connectivity index (χ4v) is 2.56. The molecule has 2 aromatic rings. The van der Waals surface area contributed by atoms with E-state index in [1.807, 2.05) is 44.2 Å². The molecule has 0 aliphatic carbocycles. The molecule has 0 radical (unpaired) electrons. The molecule has 4 heteroatoms. The molecule has 1 N–H and O–H groups in total. The van der Waals surface area contributed by atoms with Crippen molar-refractivity contribution >= 4 is 17.4 Å². The van der Waals surface area contributed by atoms with Crippen LogP contribution in [0.1, 0.15) is 41.3 Å². The maximum Gasteiger partial charge on any atom is 0.224 e. The summed E-state index contributed by atoms with van der Waals surface area (Å²) >= 11 is 0. The Morgan fingerprint density at radius 2 is 1.83 bits per heavy atom. The van der Waals surface area contributed by atoms with Gasteiger partial charge >= 0.3 is 0 Å². The van der Waals surface area contributed by atoms with Crippen molar-refractivity contribution in [2.45, 2.75) is 33.1 Å². The van der Waals surface area contributed by atoms with E-state index in [0.717, 1.165) is 23.2 Å². The Balaban J connectivity index is 1.99. The van der Waals surface area contributed by atoms with Crippen LogP contribution in [0.15, 0.2) is 42.5 Å². The van der Waals surface area contributed by atoms with Crippen molar-refractivity contribution in [3.63, 3.8) is 0 Å². The number of Topliss-reactive ketones (excluding diaryl/α,β-unsaturated/α-hetero) is 1. The first kappa shape index (κ1) is 17.7. The number of carbonyl (C=O) groups is 2. The zero-order chi connectivity index (χ0) is 17.5. The second-order valence-corrected chi connectivity index (χ2v) is 5.69. The van der Waals surface area contributed by atoms with Gasteiger partial charge in [0.05, 0.1) is 12.7 Å². The lowest BCUT2D eigenvalue weighted by Crippen LogP contribution is -2.15. The van der Waals surface area contributed by atoms with Crippen molar-refractivity contribution < 1.29 is 14.3 Å². The van der Waals surface area contributed by atoms with Gasteiger partial charge in [-0.25, -0.2) is 0 Å². The highest BCUT2D eigenvalue weighted by Crippen LogP contribution is 2.22. The van der Waals surface area contributed by atoms with Gasteiger partial charge in [0.2, 0.25) is 5.91 Å². The lowest BCUT2D eigenvalue weighted by atomic mass is 10.0. The summed E-state index contributed by atoms with van der Waals surface area (Å²) in [5.41, 5.74) is 3.41. The fourth-order valence-electron chi connectivity index (χ4n) is 2.56. The van der Waals surface area contributed by atoms with Crippen LogP contribution in [0.3, 0.4) is 0 Å². The second kappa shape index (κ2) is 8.29. The van der Waals surface area contributed by atoms with Gasteiger partial charge < -0.3 is 10.1 Å². The molecule has 0 fully saturated rings. The number of anilines is 1. The number of hydrogen-bond acceptors (Lipinski definition) is 3. The fraction of sp³-hybridized carbons (Fsp3) is 0.300. The van der Waals surface area contributed by atoms with Crippen LogP contribution >= 0.6 is 0 Å². The third-order valence-corrected chi connectivity index (χ3v) is 3.91. The number of ether oxygens (including phenoxy) is 1. The molecule has 0 aliphatic rings. The Hall–Kier alpha value is -2.62. The minimum Gasteiger partial charge on any atom is -0.496 e. The second-order valence-electron chi connectivity index (χ2n) is 5.69. The van der Waals surface area contributed by atoms with Crippen LogP contribution in [0.4, 0.5) is 5.69 Å². The minimum atomic E-state index is -0.157. The molecule has 4 nitrogen and oxygen atoms in total. The lowest BCUT2D eigenvalue weighted by molar-refractivity contribution is -0.116. The number of rotatable bonds is 7. The summed E-state index contributed by atoms with van der Waals surface area (Å²) < 4.78 is 5.23. The number of ketones is 1. The normalized spacial score (nSPS) is 10.3. The van der Waals surface area contributed by atoms with Crippen LogP contribution < -0.4 is 10.1 Å². The predicted octanol–water partition coefficient (Wildman–Crippen LogP) is 4.17. The van der Waals surface area contributed by atoms with E-state index in [4.69, 9.17) is 4.74 Å². The summed E-state index contributed by atoms with van der Waals surface area (Å²) in [6.45, 7) is 3.96. The van der Waals surface area contributed by atoms with Gasteiger partial charge in [-0.2, -0.15) is 0 Å². The van der Waals surface area contributed by atoms with Crippen molar-refractivity contribution in [2.75, 3.05) is 12.4 Å². The van der Waals surface area contributed by atoms with Gasteiger partial charge in [-0.3, -0.25) is 9.59 Å². The number of benzene rings is 2. The van der Waals surface area contributed by atoms with Crippen molar-refractivity contribution in [2.24, 2.45) is 0 Å². The van der Waals surface area contributed by atoms with Crippen molar-refractivity contribution in [1.82, 2.24) is 0 Å². The summed E-state index contributed by atoms with van der Waals surface area (Å²) in [7, 11) is 1.54. The van der Waals surface area contributed by atoms with Gasteiger partial charge in [-0.15, -0.1) is 0 Å². The van der Waals surface area contributed by atoms with Crippen LogP contribution in [-0.2, 0) is 11.2 Å². The maximum atomic E-state index is 12.4. The van der Waals surface area contributed by atoms with Gasteiger partial charge in [0.15, 0.2) is 5.78 Å². The number of carbonyl (C=O) groups excluding carboxylic acids is 2.